The first-order valence-corrected chi connectivity index (χ1v) is 13.8. The molecule has 0 N–H and O–H groups in total. The fraction of sp³-hybridized carbons (Fsp3) is 0.400. The van der Waals surface area contributed by atoms with Crippen molar-refractivity contribution >= 4 is 54.8 Å². The molecule has 0 unspecified atom stereocenters. The van der Waals surface area contributed by atoms with Gasteiger partial charge in [-0.15, -0.1) is 0 Å². The maximum Gasteiger partial charge on any atom is 0.244 e. The summed E-state index contributed by atoms with van der Waals surface area (Å²) >= 11 is 17.9. The lowest BCUT2D eigenvalue weighted by molar-refractivity contribution is 0.273. The number of hydrogen-bond donors (Lipinski definition) is 0. The highest BCUT2D eigenvalue weighted by atomic mass is 35.5. The summed E-state index contributed by atoms with van der Waals surface area (Å²) in [4.78, 5) is 0.0547. The first-order valence-electron chi connectivity index (χ1n) is 9.81. The highest BCUT2D eigenvalue weighted by Gasteiger charge is 2.35. The first kappa shape index (κ1) is 24.8. The zero-order valence-electron chi connectivity index (χ0n) is 16.9. The van der Waals surface area contributed by atoms with Gasteiger partial charge in [-0.1, -0.05) is 60.3 Å². The molecule has 1 heterocycles. The van der Waals surface area contributed by atoms with Crippen LogP contribution >= 0.6 is 34.8 Å². The van der Waals surface area contributed by atoms with E-state index < -0.39 is 20.0 Å². The van der Waals surface area contributed by atoms with E-state index in [0.717, 1.165) is 24.8 Å². The molecule has 0 saturated carbocycles. The maximum absolute atomic E-state index is 13.0. The summed E-state index contributed by atoms with van der Waals surface area (Å²) in [7, 11) is -7.65. The minimum atomic E-state index is -3.94. The van der Waals surface area contributed by atoms with Gasteiger partial charge in [-0.3, -0.25) is 0 Å². The molecule has 1 saturated heterocycles. The molecule has 170 valence electrons. The van der Waals surface area contributed by atoms with Crippen molar-refractivity contribution in [1.29, 1.82) is 0 Å². The largest absolute Gasteiger partial charge is 0.244 e. The standard InChI is InChI=1S/C20H23Cl3N2O4S2/c1-2-3-4-15-5-7-16(8-6-15)30(26,27)24-9-11-25(12-10-24)31(28,29)20-14-18(22)17(21)13-19(20)23/h5-8,13-14H,2-4,9-12H2,1H3. The number of hydrogen-bond acceptors (Lipinski definition) is 4. The van der Waals surface area contributed by atoms with Gasteiger partial charge in [0.2, 0.25) is 20.0 Å². The number of benzene rings is 2. The van der Waals surface area contributed by atoms with E-state index in [1.165, 1.54) is 20.7 Å². The van der Waals surface area contributed by atoms with Crippen molar-refractivity contribution in [3.63, 3.8) is 0 Å². The van der Waals surface area contributed by atoms with Crippen LogP contribution in [0.2, 0.25) is 15.1 Å². The van der Waals surface area contributed by atoms with Crippen LogP contribution in [0.4, 0.5) is 0 Å². The summed E-state index contributed by atoms with van der Waals surface area (Å²) in [5.74, 6) is 0. The van der Waals surface area contributed by atoms with Crippen LogP contribution < -0.4 is 0 Å². The lowest BCUT2D eigenvalue weighted by Gasteiger charge is -2.33. The number of sulfonamides is 2. The molecule has 0 aliphatic carbocycles. The number of halogens is 3. The predicted molar refractivity (Wildman–Crippen MR) is 124 cm³/mol. The lowest BCUT2D eigenvalue weighted by Crippen LogP contribution is -2.50. The van der Waals surface area contributed by atoms with Gasteiger partial charge < -0.3 is 0 Å². The minimum Gasteiger partial charge on any atom is -0.207 e. The molecule has 11 heteroatoms. The van der Waals surface area contributed by atoms with E-state index in [9.17, 15) is 16.8 Å². The number of nitrogens with zero attached hydrogens (tertiary/aromatic N) is 2. The van der Waals surface area contributed by atoms with E-state index in [2.05, 4.69) is 6.92 Å². The zero-order valence-corrected chi connectivity index (χ0v) is 20.8. The highest BCUT2D eigenvalue weighted by Crippen LogP contribution is 2.33. The summed E-state index contributed by atoms with van der Waals surface area (Å²) in [5, 5.41) is 0.197. The van der Waals surface area contributed by atoms with E-state index >= 15 is 0 Å². The van der Waals surface area contributed by atoms with Gasteiger partial charge in [0.05, 0.1) is 20.0 Å². The number of unbranched alkanes of at least 4 members (excludes halogenated alkanes) is 1. The molecular formula is C20H23Cl3N2O4S2. The Morgan fingerprint density at radius 1 is 0.774 bits per heavy atom. The summed E-state index contributed by atoms with van der Waals surface area (Å²) in [6.07, 6.45) is 3.02. The molecule has 0 amide bonds. The quantitative estimate of drug-likeness (QED) is 0.492. The molecule has 0 bridgehead atoms. The van der Waals surface area contributed by atoms with Crippen LogP contribution in [-0.4, -0.2) is 51.6 Å². The van der Waals surface area contributed by atoms with Crippen LogP contribution in [0.1, 0.15) is 25.3 Å². The fourth-order valence-corrected chi connectivity index (χ4v) is 7.17. The van der Waals surface area contributed by atoms with Crippen molar-refractivity contribution in [3.8, 4) is 0 Å². The Bertz CT molecular complexity index is 1150. The molecule has 2 aromatic rings. The average molecular weight is 526 g/mol. The van der Waals surface area contributed by atoms with Gasteiger partial charge in [-0.2, -0.15) is 8.61 Å². The van der Waals surface area contributed by atoms with Gasteiger partial charge >= 0.3 is 0 Å². The third-order valence-corrected chi connectivity index (χ3v) is 10.2. The third-order valence-electron chi connectivity index (χ3n) is 5.17. The average Bonchev–Trinajstić information content (AvgIpc) is 2.75. The Kier molecular flexibility index (Phi) is 7.95. The highest BCUT2D eigenvalue weighted by molar-refractivity contribution is 7.89. The van der Waals surface area contributed by atoms with Gasteiger partial charge in [0, 0.05) is 26.2 Å². The second kappa shape index (κ2) is 9.95. The first-order chi connectivity index (χ1) is 14.6. The molecule has 0 spiro atoms. The Morgan fingerprint density at radius 3 is 1.84 bits per heavy atom. The molecule has 0 aromatic heterocycles. The Hall–Kier alpha value is -0.870. The van der Waals surface area contributed by atoms with Crippen molar-refractivity contribution in [2.24, 2.45) is 0 Å². The van der Waals surface area contributed by atoms with Gasteiger partial charge in [0.25, 0.3) is 0 Å². The Morgan fingerprint density at radius 2 is 1.29 bits per heavy atom. The SMILES string of the molecule is CCCCc1ccc(S(=O)(=O)N2CCN(S(=O)(=O)c3cc(Cl)c(Cl)cc3Cl)CC2)cc1. The normalized spacial score (nSPS) is 16.5. The summed E-state index contributed by atoms with van der Waals surface area (Å²) in [6, 6.07) is 9.37. The Balaban J connectivity index is 1.73. The number of piperazine rings is 1. The molecule has 31 heavy (non-hydrogen) atoms. The third kappa shape index (κ3) is 5.38. The van der Waals surface area contributed by atoms with E-state index in [4.69, 9.17) is 34.8 Å². The number of aryl methyl sites for hydroxylation is 1. The van der Waals surface area contributed by atoms with Gasteiger partial charge in [-0.25, -0.2) is 16.8 Å². The van der Waals surface area contributed by atoms with Crippen molar-refractivity contribution in [1.82, 2.24) is 8.61 Å². The monoisotopic (exact) mass is 524 g/mol. The Labute approximate surface area is 198 Å². The van der Waals surface area contributed by atoms with Crippen molar-refractivity contribution < 1.29 is 16.8 Å². The van der Waals surface area contributed by atoms with Crippen LogP contribution in [0, 0.1) is 0 Å². The predicted octanol–water partition coefficient (Wildman–Crippen LogP) is 4.68. The van der Waals surface area contributed by atoms with Crippen LogP contribution in [0.5, 0.6) is 0 Å². The molecule has 3 rings (SSSR count). The summed E-state index contributed by atoms with van der Waals surface area (Å²) in [6.45, 7) is 2.20. The van der Waals surface area contributed by atoms with Crippen LogP contribution in [-0.2, 0) is 26.5 Å². The van der Waals surface area contributed by atoms with Gasteiger partial charge in [0.1, 0.15) is 4.90 Å². The molecule has 1 aliphatic rings. The summed E-state index contributed by atoms with van der Waals surface area (Å²) < 4.78 is 54.5. The lowest BCUT2D eigenvalue weighted by atomic mass is 10.1. The van der Waals surface area contributed by atoms with E-state index in [1.54, 1.807) is 12.1 Å². The topological polar surface area (TPSA) is 74.8 Å². The maximum atomic E-state index is 13.0. The van der Waals surface area contributed by atoms with Gasteiger partial charge in [0.15, 0.2) is 0 Å². The van der Waals surface area contributed by atoms with Crippen molar-refractivity contribution in [3.05, 3.63) is 57.0 Å². The van der Waals surface area contributed by atoms with Crippen LogP contribution in [0.25, 0.3) is 0 Å². The van der Waals surface area contributed by atoms with E-state index in [-0.39, 0.29) is 51.0 Å². The molecule has 2 aromatic carbocycles. The van der Waals surface area contributed by atoms with Crippen molar-refractivity contribution in [2.75, 3.05) is 26.2 Å². The minimum absolute atomic E-state index is 0.00667. The van der Waals surface area contributed by atoms with Gasteiger partial charge in [-0.05, 0) is 42.7 Å². The van der Waals surface area contributed by atoms with E-state index in [1.807, 2.05) is 12.1 Å². The molecule has 0 radical (unpaired) electrons. The molecule has 1 aliphatic heterocycles. The fourth-order valence-electron chi connectivity index (χ4n) is 3.35. The van der Waals surface area contributed by atoms with Crippen molar-refractivity contribution in [2.45, 2.75) is 36.0 Å². The molecule has 0 atom stereocenters. The van der Waals surface area contributed by atoms with Crippen LogP contribution in [0.3, 0.4) is 0 Å². The summed E-state index contributed by atoms with van der Waals surface area (Å²) in [5.41, 5.74) is 1.09. The van der Waals surface area contributed by atoms with E-state index in [0.29, 0.717) is 0 Å². The second-order valence-electron chi connectivity index (χ2n) is 7.25. The number of rotatable bonds is 7. The molecule has 6 nitrogen and oxygen atoms in total. The molecular weight excluding hydrogens is 503 g/mol. The smallest absolute Gasteiger partial charge is 0.207 e. The second-order valence-corrected chi connectivity index (χ2v) is 12.3. The van der Waals surface area contributed by atoms with Crippen LogP contribution in [0.15, 0.2) is 46.2 Å². The molecule has 1 fully saturated rings. The zero-order chi connectivity index (χ0) is 22.8.